The van der Waals surface area contributed by atoms with Gasteiger partial charge in [0.15, 0.2) is 0 Å². The maximum atomic E-state index is 2.66. The van der Waals surface area contributed by atoms with Crippen LogP contribution in [0.5, 0.6) is 0 Å². The van der Waals surface area contributed by atoms with Gasteiger partial charge in [-0.3, -0.25) is 0 Å². The molecule has 4 fully saturated rings. The van der Waals surface area contributed by atoms with E-state index in [0.29, 0.717) is 5.41 Å². The van der Waals surface area contributed by atoms with Gasteiger partial charge in [-0.15, -0.1) is 0 Å². The number of fused-ring (bicyclic) bond motifs is 11. The van der Waals surface area contributed by atoms with Gasteiger partial charge in [-0.2, -0.15) is 0 Å². The third kappa shape index (κ3) is 4.36. The smallest absolute Gasteiger partial charge is 0.0540 e. The Balaban J connectivity index is 0.974. The Morgan fingerprint density at radius 2 is 0.938 bits per heavy atom. The molecule has 0 N–H and O–H groups in total. The van der Waals surface area contributed by atoms with Gasteiger partial charge in [-0.1, -0.05) is 184 Å². The standard InChI is InChI=1S/C64H49N/c1-62(2)53-26-10-6-21-47(53)49-32-30-41(34-55(49)62)45-20-8-12-28-57(45)65(58-29-13-9-23-51(58)52-25-15-19-40-18-14-24-46(61(40)52)39-16-4-3-5-17-39)44-31-33-50-48-22-7-11-27-54(48)64(56(50)38-44)59-36-42-35-43-37-60(64)63(42,43)59/h3-34,38,42-43,59-60H,35-37H2,1-2H3. The van der Waals surface area contributed by atoms with Crippen LogP contribution in [0.25, 0.3) is 66.4 Å². The summed E-state index contributed by atoms with van der Waals surface area (Å²) in [5, 5.41) is 2.53. The van der Waals surface area contributed by atoms with Crippen LogP contribution in [0.15, 0.2) is 200 Å². The molecule has 0 bridgehead atoms. The second-order valence-corrected chi connectivity index (χ2v) is 20.7. The van der Waals surface area contributed by atoms with Crippen LogP contribution in [-0.4, -0.2) is 0 Å². The van der Waals surface area contributed by atoms with E-state index in [1.807, 2.05) is 0 Å². The van der Waals surface area contributed by atoms with Crippen LogP contribution in [0.1, 0.15) is 55.4 Å². The van der Waals surface area contributed by atoms with Crippen molar-refractivity contribution in [2.24, 2.45) is 29.1 Å². The fraction of sp³-hybridized carbons (Fsp3) is 0.188. The molecule has 6 aliphatic rings. The molecule has 1 heteroatoms. The van der Waals surface area contributed by atoms with E-state index in [9.17, 15) is 0 Å². The SMILES string of the molecule is CC1(C)c2ccccc2-c2ccc(-c3ccccc3N(c3ccc4c(c3)C3(c5ccccc5-4)C4CC5CC6CC3C564)c3ccccc3-c3cccc4cccc(-c5ccccc5)c34)cc21. The van der Waals surface area contributed by atoms with Crippen LogP contribution in [-0.2, 0) is 10.8 Å². The summed E-state index contributed by atoms with van der Waals surface area (Å²) in [4.78, 5) is 2.63. The van der Waals surface area contributed by atoms with Crippen molar-refractivity contribution >= 4 is 27.8 Å². The molecular weight excluding hydrogens is 783 g/mol. The van der Waals surface area contributed by atoms with E-state index in [0.717, 1.165) is 23.7 Å². The zero-order chi connectivity index (χ0) is 42.8. The Morgan fingerprint density at radius 3 is 1.68 bits per heavy atom. The van der Waals surface area contributed by atoms with E-state index in [1.54, 1.807) is 11.1 Å². The lowest BCUT2D eigenvalue weighted by Crippen LogP contribution is -2.88. The molecule has 2 spiro atoms. The predicted molar refractivity (Wildman–Crippen MR) is 269 cm³/mol. The lowest BCUT2D eigenvalue weighted by molar-refractivity contribution is -0.412. The van der Waals surface area contributed by atoms with E-state index in [2.05, 4.69) is 219 Å². The number of hydrogen-bond donors (Lipinski definition) is 0. The summed E-state index contributed by atoms with van der Waals surface area (Å²) in [6.45, 7) is 4.79. The van der Waals surface area contributed by atoms with Gasteiger partial charge in [0.25, 0.3) is 0 Å². The van der Waals surface area contributed by atoms with Gasteiger partial charge in [0, 0.05) is 27.6 Å². The molecule has 0 amide bonds. The van der Waals surface area contributed by atoms with Crippen LogP contribution in [0.4, 0.5) is 17.1 Å². The fourth-order valence-electron chi connectivity index (χ4n) is 15.6. The summed E-state index contributed by atoms with van der Waals surface area (Å²) in [6.07, 6.45) is 4.26. The summed E-state index contributed by atoms with van der Waals surface area (Å²) in [7, 11) is 0. The molecule has 0 saturated heterocycles. The number of benzene rings is 9. The Labute approximate surface area is 382 Å². The zero-order valence-electron chi connectivity index (χ0n) is 36.9. The second-order valence-electron chi connectivity index (χ2n) is 20.7. The van der Waals surface area contributed by atoms with E-state index in [4.69, 9.17) is 0 Å². The van der Waals surface area contributed by atoms with Crippen LogP contribution < -0.4 is 4.90 Å². The van der Waals surface area contributed by atoms with Crippen molar-refractivity contribution in [1.29, 1.82) is 0 Å². The van der Waals surface area contributed by atoms with Crippen molar-refractivity contribution in [3.05, 3.63) is 222 Å². The molecule has 6 aliphatic carbocycles. The minimum absolute atomic E-state index is 0.0983. The predicted octanol–water partition coefficient (Wildman–Crippen LogP) is 16.6. The summed E-state index contributed by atoms with van der Waals surface area (Å²) >= 11 is 0. The molecule has 0 aliphatic heterocycles. The minimum atomic E-state index is -0.0983. The zero-order valence-corrected chi connectivity index (χ0v) is 36.9. The lowest BCUT2D eigenvalue weighted by Gasteiger charge is -2.92. The van der Waals surface area contributed by atoms with Gasteiger partial charge in [0.2, 0.25) is 0 Å². The number of nitrogens with zero attached hydrogens (tertiary/aromatic N) is 1. The van der Waals surface area contributed by atoms with Gasteiger partial charge < -0.3 is 4.90 Å². The molecule has 0 heterocycles. The summed E-state index contributed by atoms with van der Waals surface area (Å²) < 4.78 is 0. The Morgan fingerprint density at radius 1 is 0.385 bits per heavy atom. The van der Waals surface area contributed by atoms with E-state index >= 15 is 0 Å². The summed E-state index contributed by atoms with van der Waals surface area (Å²) in [5.41, 5.74) is 23.3. The highest BCUT2D eigenvalue weighted by Crippen LogP contribution is 2.95. The van der Waals surface area contributed by atoms with Gasteiger partial charge in [0.1, 0.15) is 0 Å². The number of anilines is 3. The number of para-hydroxylation sites is 2. The Hall–Kier alpha value is -6.96. The van der Waals surface area contributed by atoms with Gasteiger partial charge in [-0.25, -0.2) is 0 Å². The third-order valence-corrected chi connectivity index (χ3v) is 18.2. The van der Waals surface area contributed by atoms with Crippen LogP contribution >= 0.6 is 0 Å². The van der Waals surface area contributed by atoms with Crippen molar-refractivity contribution in [1.82, 2.24) is 0 Å². The van der Waals surface area contributed by atoms with Gasteiger partial charge in [-0.05, 0) is 156 Å². The first kappa shape index (κ1) is 36.4. The summed E-state index contributed by atoms with van der Waals surface area (Å²) in [5.74, 6) is 3.44. The maximum Gasteiger partial charge on any atom is 0.0540 e. The van der Waals surface area contributed by atoms with Crippen molar-refractivity contribution in [3.8, 4) is 55.6 Å². The first-order valence-electron chi connectivity index (χ1n) is 24.0. The largest absolute Gasteiger partial charge is 0.309 e. The quantitative estimate of drug-likeness (QED) is 0.161. The lowest BCUT2D eigenvalue weighted by atomic mass is 9.11. The molecule has 0 radical (unpaired) electrons. The normalized spacial score (nSPS) is 24.8. The monoisotopic (exact) mass is 831 g/mol. The topological polar surface area (TPSA) is 3.24 Å². The molecule has 65 heavy (non-hydrogen) atoms. The molecule has 4 saturated carbocycles. The first-order valence-corrected chi connectivity index (χ1v) is 24.0. The molecular formula is C64H49N. The fourth-order valence-corrected chi connectivity index (χ4v) is 15.6. The van der Waals surface area contributed by atoms with Crippen LogP contribution in [0.3, 0.4) is 0 Å². The average molecular weight is 832 g/mol. The van der Waals surface area contributed by atoms with Crippen LogP contribution in [0, 0.1) is 29.1 Å². The highest BCUT2D eigenvalue weighted by molar-refractivity contribution is 6.09. The average Bonchev–Trinajstić information content (AvgIpc) is 3.75. The van der Waals surface area contributed by atoms with Gasteiger partial charge in [0.05, 0.1) is 11.4 Å². The van der Waals surface area contributed by atoms with Crippen molar-refractivity contribution in [2.45, 2.75) is 43.9 Å². The number of rotatable bonds is 6. The van der Waals surface area contributed by atoms with E-state index in [1.165, 1.54) is 114 Å². The number of hydrogen-bond acceptors (Lipinski definition) is 1. The highest BCUT2D eigenvalue weighted by atomic mass is 15.1. The van der Waals surface area contributed by atoms with Gasteiger partial charge >= 0.3 is 0 Å². The molecule has 0 aromatic heterocycles. The molecule has 15 rings (SSSR count). The van der Waals surface area contributed by atoms with E-state index in [-0.39, 0.29) is 10.8 Å². The van der Waals surface area contributed by atoms with Crippen LogP contribution in [0.2, 0.25) is 0 Å². The highest BCUT2D eigenvalue weighted by Gasteiger charge is 2.90. The van der Waals surface area contributed by atoms with Crippen molar-refractivity contribution in [2.75, 3.05) is 4.90 Å². The minimum Gasteiger partial charge on any atom is -0.309 e. The first-order chi connectivity index (χ1) is 32.0. The van der Waals surface area contributed by atoms with E-state index < -0.39 is 0 Å². The van der Waals surface area contributed by atoms with Crippen molar-refractivity contribution < 1.29 is 0 Å². The molecule has 9 aromatic carbocycles. The third-order valence-electron chi connectivity index (χ3n) is 18.2. The summed E-state index contributed by atoms with van der Waals surface area (Å²) in [6, 6.07) is 76.3. The van der Waals surface area contributed by atoms with Crippen molar-refractivity contribution in [3.63, 3.8) is 0 Å². The second kappa shape index (κ2) is 12.6. The molecule has 4 unspecified atom stereocenters. The Kier molecular flexibility index (Phi) is 7.08. The molecule has 1 nitrogen and oxygen atoms in total. The Bertz CT molecular complexity index is 3470. The molecule has 4 atom stereocenters. The molecule has 310 valence electrons. The maximum absolute atomic E-state index is 2.66. The molecule has 9 aromatic rings.